The first-order chi connectivity index (χ1) is 37.3. The van der Waals surface area contributed by atoms with Crippen molar-refractivity contribution in [3.63, 3.8) is 0 Å². The Kier molecular flexibility index (Phi) is 26.4. The summed E-state index contributed by atoms with van der Waals surface area (Å²) in [5, 5.41) is 39.2. The summed E-state index contributed by atoms with van der Waals surface area (Å²) in [6, 6.07) is 24.9. The molecule has 22 heteroatoms. The van der Waals surface area contributed by atoms with E-state index in [9.17, 15) is 34.2 Å². The number of alkyl carbamates (subject to hydrolysis) is 1. The van der Waals surface area contributed by atoms with E-state index in [-0.39, 0.29) is 47.4 Å². The predicted octanol–water partition coefficient (Wildman–Crippen LogP) is 7.38. The highest BCUT2D eigenvalue weighted by molar-refractivity contribution is 6.05. The van der Waals surface area contributed by atoms with Crippen molar-refractivity contribution in [1.82, 2.24) is 25.5 Å². The molecule has 5 rings (SSSR count). The fourth-order valence-electron chi connectivity index (χ4n) is 7.18. The first-order valence-electron chi connectivity index (χ1n) is 25.7. The van der Waals surface area contributed by atoms with E-state index in [1.54, 1.807) is 63.2 Å². The van der Waals surface area contributed by atoms with E-state index in [1.165, 1.54) is 24.3 Å². The lowest BCUT2D eigenvalue weighted by molar-refractivity contribution is -0.122. The van der Waals surface area contributed by atoms with Gasteiger partial charge in [0.05, 0.1) is 102 Å². The third-order valence-electron chi connectivity index (χ3n) is 11.0. The number of aromatic carboxylic acids is 1. The number of aromatic hydroxyl groups is 1. The summed E-state index contributed by atoms with van der Waals surface area (Å²) in [7, 11) is 0. The Balaban J connectivity index is 0.771. The maximum Gasteiger partial charge on any atom is 0.407 e. The van der Waals surface area contributed by atoms with Crippen LogP contribution < -0.4 is 21.3 Å². The topological polar surface area (TPSA) is 281 Å². The Hall–Kier alpha value is -7.34. The summed E-state index contributed by atoms with van der Waals surface area (Å²) in [6.45, 7) is 11.7. The van der Waals surface area contributed by atoms with Crippen molar-refractivity contribution in [2.75, 3.05) is 104 Å². The number of phenolic OH excluding ortho intramolecular Hbond substituents is 1. The van der Waals surface area contributed by atoms with Gasteiger partial charge in [0.1, 0.15) is 17.0 Å². The van der Waals surface area contributed by atoms with Gasteiger partial charge in [-0.3, -0.25) is 19.7 Å². The summed E-state index contributed by atoms with van der Waals surface area (Å²) < 4.78 is 40.4. The van der Waals surface area contributed by atoms with Crippen molar-refractivity contribution < 1.29 is 67.3 Å². The van der Waals surface area contributed by atoms with Gasteiger partial charge in [0.2, 0.25) is 11.9 Å². The number of carbonyl (C=O) groups is 5. The SMILES string of the molecule is CC(C)(C)OC(=O)NCCc1ccc(O)c(N=Nc2ccc(C(=O)NCCOCCOCCOCCOCCOCCOCCC(=O)NCCCCCn3c(NC(=O)c4cccc(C(=O)O)c4)nc4ccccc43)cc2)c1. The van der Waals surface area contributed by atoms with Crippen LogP contribution in [0.25, 0.3) is 11.0 Å². The average molecular weight is 1070 g/mol. The smallest absolute Gasteiger partial charge is 0.407 e. The van der Waals surface area contributed by atoms with Gasteiger partial charge in [0, 0.05) is 43.7 Å². The zero-order valence-corrected chi connectivity index (χ0v) is 44.1. The van der Waals surface area contributed by atoms with E-state index < -0.39 is 23.6 Å². The highest BCUT2D eigenvalue weighted by Gasteiger charge is 2.17. The van der Waals surface area contributed by atoms with Gasteiger partial charge in [0.25, 0.3) is 11.8 Å². The molecule has 0 aliphatic carbocycles. The minimum absolute atomic E-state index is 0.0234. The van der Waals surface area contributed by atoms with Crippen LogP contribution in [0.4, 0.5) is 22.1 Å². The van der Waals surface area contributed by atoms with Crippen LogP contribution in [0.2, 0.25) is 0 Å². The number of benzene rings is 4. The second kappa shape index (κ2) is 33.6. The first-order valence-corrected chi connectivity index (χ1v) is 25.7. The predicted molar refractivity (Wildman–Crippen MR) is 286 cm³/mol. The Morgan fingerprint density at radius 1 is 0.597 bits per heavy atom. The van der Waals surface area contributed by atoms with Crippen molar-refractivity contribution in [3.05, 3.63) is 113 Å². The Bertz CT molecular complexity index is 2660. The van der Waals surface area contributed by atoms with Crippen LogP contribution in [0.5, 0.6) is 5.75 Å². The third kappa shape index (κ3) is 23.6. The molecule has 5 aromatic rings. The van der Waals surface area contributed by atoms with Gasteiger partial charge in [-0.15, -0.1) is 5.11 Å². The molecule has 6 N–H and O–H groups in total. The maximum absolute atomic E-state index is 13.0. The number of carboxylic acids is 1. The van der Waals surface area contributed by atoms with E-state index in [0.29, 0.717) is 122 Å². The Labute approximate surface area is 448 Å². The molecule has 0 spiro atoms. The molecule has 77 heavy (non-hydrogen) atoms. The molecule has 22 nitrogen and oxygen atoms in total. The number of aryl methyl sites for hydroxylation is 1. The van der Waals surface area contributed by atoms with E-state index in [4.69, 9.17) is 33.2 Å². The molecule has 0 fully saturated rings. The largest absolute Gasteiger partial charge is 0.506 e. The minimum Gasteiger partial charge on any atom is -0.506 e. The molecule has 0 saturated heterocycles. The number of amides is 4. The van der Waals surface area contributed by atoms with Crippen LogP contribution >= 0.6 is 0 Å². The van der Waals surface area contributed by atoms with Crippen LogP contribution in [0.15, 0.2) is 101 Å². The van der Waals surface area contributed by atoms with Gasteiger partial charge in [-0.2, -0.15) is 5.11 Å². The quantitative estimate of drug-likeness (QED) is 0.0169. The van der Waals surface area contributed by atoms with Crippen LogP contribution in [-0.4, -0.2) is 154 Å². The number of imidazole rings is 1. The second-order valence-electron chi connectivity index (χ2n) is 18.3. The van der Waals surface area contributed by atoms with E-state index >= 15 is 0 Å². The van der Waals surface area contributed by atoms with Crippen molar-refractivity contribution in [2.24, 2.45) is 10.2 Å². The number of phenols is 1. The van der Waals surface area contributed by atoms with Gasteiger partial charge in [0.15, 0.2) is 0 Å². The number of hydrogen-bond donors (Lipinski definition) is 6. The van der Waals surface area contributed by atoms with Crippen molar-refractivity contribution in [3.8, 4) is 5.75 Å². The lowest BCUT2D eigenvalue weighted by atomic mass is 10.1. The van der Waals surface area contributed by atoms with Crippen LogP contribution in [0.3, 0.4) is 0 Å². The number of aromatic nitrogens is 2. The molecule has 416 valence electrons. The number of hydrogen-bond acceptors (Lipinski definition) is 16. The summed E-state index contributed by atoms with van der Waals surface area (Å²) >= 11 is 0. The van der Waals surface area contributed by atoms with Crippen LogP contribution in [-0.2, 0) is 50.9 Å². The number of unbranched alkanes of at least 4 members (excludes halogenated alkanes) is 2. The normalized spacial score (nSPS) is 11.5. The zero-order valence-electron chi connectivity index (χ0n) is 44.1. The van der Waals surface area contributed by atoms with Gasteiger partial charge in [-0.05, 0) is 119 Å². The fraction of sp³-hybridized carbons (Fsp3) is 0.455. The number of anilines is 1. The monoisotopic (exact) mass is 1070 g/mol. The Morgan fingerprint density at radius 2 is 1.23 bits per heavy atom. The molecule has 1 aromatic heterocycles. The minimum atomic E-state index is -1.11. The van der Waals surface area contributed by atoms with E-state index in [0.717, 1.165) is 35.9 Å². The fourth-order valence-corrected chi connectivity index (χ4v) is 7.18. The molecular weight excluding hydrogens is 997 g/mol. The standard InChI is InChI=1S/C55H72N8O14/c1-55(2,3)77-54(70)58-23-20-40-14-19-48(64)46(38-40)62-61-44-17-15-41(16-18-44)50(66)57-24-27-72-29-31-74-33-35-76-37-36-75-34-32-73-30-28-71-26-21-49(65)56-22-7-4-8-25-63-47-13-6-5-12-45(47)59-53(63)60-51(67)42-10-9-11-43(39-42)52(68)69/h5-6,9-19,38-39,64H,4,7-8,20-37H2,1-3H3,(H,56,65)(H,57,66)(H,58,70)(H,68,69)(H,59,60,67). The molecule has 0 bridgehead atoms. The van der Waals surface area contributed by atoms with Gasteiger partial charge in [-0.25, -0.2) is 14.6 Å². The molecule has 0 atom stereocenters. The van der Waals surface area contributed by atoms with E-state index in [2.05, 4.69) is 36.5 Å². The lowest BCUT2D eigenvalue weighted by Gasteiger charge is -2.19. The molecule has 4 aromatic carbocycles. The molecule has 0 aliphatic heterocycles. The first kappa shape index (κ1) is 60.5. The van der Waals surface area contributed by atoms with Crippen molar-refractivity contribution in [1.29, 1.82) is 0 Å². The number of fused-ring (bicyclic) bond motifs is 1. The van der Waals surface area contributed by atoms with Gasteiger partial charge >= 0.3 is 12.1 Å². The number of ether oxygens (including phenoxy) is 7. The summed E-state index contributed by atoms with van der Waals surface area (Å²) in [6.07, 6.45) is 2.63. The number of nitrogens with one attached hydrogen (secondary N) is 4. The van der Waals surface area contributed by atoms with Crippen molar-refractivity contribution >= 4 is 58.1 Å². The van der Waals surface area contributed by atoms with Crippen molar-refractivity contribution in [2.45, 2.75) is 65.0 Å². The molecular formula is C55H72N8O14. The molecule has 4 amide bonds. The van der Waals surface area contributed by atoms with Crippen LogP contribution in [0, 0.1) is 0 Å². The summed E-state index contributed by atoms with van der Waals surface area (Å²) in [4.78, 5) is 65.7. The number of nitrogens with zero attached hydrogens (tertiary/aromatic N) is 4. The molecule has 0 radical (unpaired) electrons. The zero-order chi connectivity index (χ0) is 55.1. The molecule has 0 aliphatic rings. The molecule has 0 unspecified atom stereocenters. The Morgan fingerprint density at radius 3 is 1.90 bits per heavy atom. The summed E-state index contributed by atoms with van der Waals surface area (Å²) in [5.74, 6) is -1.58. The number of carbonyl (C=O) groups excluding carboxylic acids is 4. The summed E-state index contributed by atoms with van der Waals surface area (Å²) in [5.41, 5.74) is 3.31. The maximum atomic E-state index is 13.0. The van der Waals surface area contributed by atoms with Gasteiger partial charge < -0.3 is 63.9 Å². The highest BCUT2D eigenvalue weighted by Crippen LogP contribution is 2.29. The van der Waals surface area contributed by atoms with Gasteiger partial charge in [-0.1, -0.05) is 24.3 Å². The van der Waals surface area contributed by atoms with E-state index in [1.807, 2.05) is 28.8 Å². The number of azo groups is 1. The average Bonchev–Trinajstić information content (AvgIpc) is 3.76. The van der Waals surface area contributed by atoms with Crippen LogP contribution in [0.1, 0.15) is 83.1 Å². The lowest BCUT2D eigenvalue weighted by Crippen LogP contribution is -2.33. The number of rotatable bonds is 36. The molecule has 1 heterocycles. The third-order valence-corrected chi connectivity index (χ3v) is 11.0. The highest BCUT2D eigenvalue weighted by atomic mass is 16.6. The molecule has 0 saturated carbocycles. The number of para-hydroxylation sites is 2. The number of carboxylic acid groups (broad SMARTS) is 1. The second-order valence-corrected chi connectivity index (χ2v) is 18.3.